The fourth-order valence-corrected chi connectivity index (χ4v) is 3.50. The predicted octanol–water partition coefficient (Wildman–Crippen LogP) is 3.91. The van der Waals surface area contributed by atoms with Crippen LogP contribution in [0.25, 0.3) is 10.9 Å². The second kappa shape index (κ2) is 7.62. The molecular formula is C21H24N4. The van der Waals surface area contributed by atoms with Gasteiger partial charge in [-0.3, -0.25) is 4.98 Å². The number of pyridine rings is 2. The Morgan fingerprint density at radius 3 is 2.68 bits per heavy atom. The molecule has 4 heteroatoms. The number of nitrogens with zero attached hydrogens (tertiary/aromatic N) is 3. The highest BCUT2D eigenvalue weighted by molar-refractivity contribution is 5.81. The minimum absolute atomic E-state index is 0.818. The summed E-state index contributed by atoms with van der Waals surface area (Å²) < 4.78 is 0. The van der Waals surface area contributed by atoms with Crippen molar-refractivity contribution < 1.29 is 0 Å². The highest BCUT2D eigenvalue weighted by Gasteiger charge is 2.16. The molecule has 3 aromatic rings. The number of hydrogen-bond donors (Lipinski definition) is 1. The number of anilines is 1. The quantitative estimate of drug-likeness (QED) is 0.769. The Bertz CT molecular complexity index is 826. The van der Waals surface area contributed by atoms with Crippen LogP contribution >= 0.6 is 0 Å². The van der Waals surface area contributed by atoms with Gasteiger partial charge < -0.3 is 10.2 Å². The molecule has 0 saturated carbocycles. The van der Waals surface area contributed by atoms with Crippen LogP contribution in [-0.2, 0) is 13.1 Å². The third kappa shape index (κ3) is 3.80. The number of fused-ring (bicyclic) bond motifs is 1. The van der Waals surface area contributed by atoms with E-state index >= 15 is 0 Å². The van der Waals surface area contributed by atoms with Crippen molar-refractivity contribution >= 4 is 16.7 Å². The van der Waals surface area contributed by atoms with Gasteiger partial charge in [0.2, 0.25) is 0 Å². The van der Waals surface area contributed by atoms with E-state index in [9.17, 15) is 0 Å². The number of rotatable bonds is 5. The molecule has 1 N–H and O–H groups in total. The Balaban J connectivity index is 1.58. The van der Waals surface area contributed by atoms with Crippen LogP contribution in [0.5, 0.6) is 0 Å². The van der Waals surface area contributed by atoms with Crippen molar-refractivity contribution in [1.82, 2.24) is 15.3 Å². The van der Waals surface area contributed by atoms with Crippen LogP contribution in [0.3, 0.4) is 0 Å². The molecular weight excluding hydrogens is 308 g/mol. The Kier molecular flexibility index (Phi) is 4.89. The predicted molar refractivity (Wildman–Crippen MR) is 103 cm³/mol. The number of para-hydroxylation sites is 1. The van der Waals surface area contributed by atoms with E-state index < -0.39 is 0 Å². The smallest absolute Gasteiger partial charge is 0.133 e. The van der Waals surface area contributed by atoms with Crippen LogP contribution in [-0.4, -0.2) is 23.1 Å². The molecule has 1 fully saturated rings. The summed E-state index contributed by atoms with van der Waals surface area (Å²) in [7, 11) is 0. The molecule has 25 heavy (non-hydrogen) atoms. The van der Waals surface area contributed by atoms with Gasteiger partial charge in [0.15, 0.2) is 0 Å². The summed E-state index contributed by atoms with van der Waals surface area (Å²) in [5.41, 5.74) is 3.57. The summed E-state index contributed by atoms with van der Waals surface area (Å²) in [4.78, 5) is 11.6. The molecule has 0 amide bonds. The molecule has 0 spiro atoms. The molecule has 1 aromatic carbocycles. The maximum atomic E-state index is 5.00. The zero-order valence-corrected chi connectivity index (χ0v) is 14.5. The van der Waals surface area contributed by atoms with E-state index in [1.165, 1.54) is 35.8 Å². The van der Waals surface area contributed by atoms with Crippen molar-refractivity contribution in [3.05, 3.63) is 66.0 Å². The van der Waals surface area contributed by atoms with E-state index in [2.05, 4.69) is 51.6 Å². The largest absolute Gasteiger partial charge is 0.356 e. The first-order chi connectivity index (χ1) is 12.4. The van der Waals surface area contributed by atoms with E-state index in [0.717, 1.165) is 37.5 Å². The molecule has 4 rings (SSSR count). The van der Waals surface area contributed by atoms with Crippen LogP contribution in [0.1, 0.15) is 30.4 Å². The van der Waals surface area contributed by atoms with E-state index in [0.29, 0.717) is 0 Å². The van der Waals surface area contributed by atoms with E-state index in [4.69, 9.17) is 4.98 Å². The Morgan fingerprint density at radius 2 is 1.84 bits per heavy atom. The normalized spacial score (nSPS) is 14.8. The second-order valence-corrected chi connectivity index (χ2v) is 6.68. The first-order valence-corrected chi connectivity index (χ1v) is 9.13. The lowest BCUT2D eigenvalue weighted by atomic mass is 10.1. The monoisotopic (exact) mass is 332 g/mol. The molecule has 0 radical (unpaired) electrons. The minimum Gasteiger partial charge on any atom is -0.356 e. The van der Waals surface area contributed by atoms with E-state index in [1.807, 2.05) is 18.5 Å². The lowest BCUT2D eigenvalue weighted by Gasteiger charge is -2.30. The van der Waals surface area contributed by atoms with Crippen LogP contribution < -0.4 is 10.2 Å². The van der Waals surface area contributed by atoms with Gasteiger partial charge in [0.25, 0.3) is 0 Å². The molecule has 0 atom stereocenters. The van der Waals surface area contributed by atoms with Gasteiger partial charge in [0, 0.05) is 49.5 Å². The van der Waals surface area contributed by atoms with Crippen molar-refractivity contribution in [2.24, 2.45) is 0 Å². The topological polar surface area (TPSA) is 41.1 Å². The summed E-state index contributed by atoms with van der Waals surface area (Å²) in [5.74, 6) is 1.15. The zero-order chi connectivity index (χ0) is 16.9. The molecule has 128 valence electrons. The molecule has 1 aliphatic rings. The van der Waals surface area contributed by atoms with Gasteiger partial charge in [-0.1, -0.05) is 24.3 Å². The first-order valence-electron chi connectivity index (χ1n) is 9.13. The maximum Gasteiger partial charge on any atom is 0.133 e. The van der Waals surface area contributed by atoms with Crippen LogP contribution in [0.2, 0.25) is 0 Å². The van der Waals surface area contributed by atoms with Crippen molar-refractivity contribution in [2.75, 3.05) is 18.0 Å². The highest BCUT2D eigenvalue weighted by atomic mass is 15.2. The van der Waals surface area contributed by atoms with Gasteiger partial charge in [-0.05, 0) is 43.0 Å². The molecule has 0 unspecified atom stereocenters. The molecule has 0 aliphatic carbocycles. The summed E-state index contributed by atoms with van der Waals surface area (Å²) in [6, 6.07) is 14.8. The maximum absolute atomic E-state index is 5.00. The van der Waals surface area contributed by atoms with Crippen LogP contribution in [0, 0.1) is 0 Å². The zero-order valence-electron chi connectivity index (χ0n) is 14.5. The molecule has 2 aromatic heterocycles. The molecule has 0 bridgehead atoms. The summed E-state index contributed by atoms with van der Waals surface area (Å²) in [5, 5.41) is 4.77. The highest BCUT2D eigenvalue weighted by Crippen LogP contribution is 2.26. The SMILES string of the molecule is c1cncc(CNCc2cc3ccccc3nc2N2CCCCC2)c1. The summed E-state index contributed by atoms with van der Waals surface area (Å²) in [6.45, 7) is 3.86. The molecule has 3 heterocycles. The fraction of sp³-hybridized carbons (Fsp3) is 0.333. The Hall–Kier alpha value is -2.46. The van der Waals surface area contributed by atoms with Gasteiger partial charge in [0.1, 0.15) is 5.82 Å². The third-order valence-corrected chi connectivity index (χ3v) is 4.80. The number of piperidine rings is 1. The van der Waals surface area contributed by atoms with Crippen molar-refractivity contribution in [3.63, 3.8) is 0 Å². The molecule has 4 nitrogen and oxygen atoms in total. The number of hydrogen-bond acceptors (Lipinski definition) is 4. The van der Waals surface area contributed by atoms with E-state index in [-0.39, 0.29) is 0 Å². The standard InChI is InChI=1S/C21H24N4/c1-4-11-25(12-5-1)21-19(13-18-8-2-3-9-20(18)24-21)16-23-15-17-7-6-10-22-14-17/h2-3,6-10,13-14,23H,1,4-5,11-12,15-16H2. The van der Waals surface area contributed by atoms with E-state index in [1.54, 1.807) is 0 Å². The van der Waals surface area contributed by atoms with Crippen molar-refractivity contribution in [1.29, 1.82) is 0 Å². The average Bonchev–Trinajstić information content (AvgIpc) is 2.69. The third-order valence-electron chi connectivity index (χ3n) is 4.80. The van der Waals surface area contributed by atoms with Crippen molar-refractivity contribution in [2.45, 2.75) is 32.4 Å². The number of benzene rings is 1. The minimum atomic E-state index is 0.818. The fourth-order valence-electron chi connectivity index (χ4n) is 3.50. The van der Waals surface area contributed by atoms with Crippen molar-refractivity contribution in [3.8, 4) is 0 Å². The van der Waals surface area contributed by atoms with Gasteiger partial charge in [0.05, 0.1) is 5.52 Å². The lowest BCUT2D eigenvalue weighted by molar-refractivity contribution is 0.570. The lowest BCUT2D eigenvalue weighted by Crippen LogP contribution is -2.31. The average molecular weight is 332 g/mol. The van der Waals surface area contributed by atoms with Gasteiger partial charge in [-0.15, -0.1) is 0 Å². The number of aromatic nitrogens is 2. The summed E-state index contributed by atoms with van der Waals surface area (Å²) >= 11 is 0. The molecule has 1 saturated heterocycles. The first kappa shape index (κ1) is 16.0. The van der Waals surface area contributed by atoms with Gasteiger partial charge >= 0.3 is 0 Å². The Labute approximate surface area is 148 Å². The van der Waals surface area contributed by atoms with Crippen LogP contribution in [0.4, 0.5) is 5.82 Å². The van der Waals surface area contributed by atoms with Gasteiger partial charge in [-0.25, -0.2) is 4.98 Å². The number of nitrogens with one attached hydrogen (secondary N) is 1. The second-order valence-electron chi connectivity index (χ2n) is 6.68. The summed E-state index contributed by atoms with van der Waals surface area (Å²) in [6.07, 6.45) is 7.58. The Morgan fingerprint density at radius 1 is 0.960 bits per heavy atom. The van der Waals surface area contributed by atoms with Gasteiger partial charge in [-0.2, -0.15) is 0 Å². The van der Waals surface area contributed by atoms with Crippen LogP contribution in [0.15, 0.2) is 54.9 Å². The molecule has 1 aliphatic heterocycles.